The number of thioether (sulfide) groups is 1. The molecule has 0 aromatic heterocycles. The molecule has 0 atom stereocenters. The minimum atomic E-state index is -0.364. The van der Waals surface area contributed by atoms with Gasteiger partial charge in [-0.25, -0.2) is 0 Å². The van der Waals surface area contributed by atoms with Crippen LogP contribution in [0.1, 0.15) is 5.56 Å². The Bertz CT molecular complexity index is 584. The third-order valence-corrected chi connectivity index (χ3v) is 3.72. The molecule has 2 rings (SSSR count). The molecule has 3 N–H and O–H groups in total. The summed E-state index contributed by atoms with van der Waals surface area (Å²) in [6.45, 7) is 0. The summed E-state index contributed by atoms with van der Waals surface area (Å²) in [4.78, 5) is 15.5. The largest absolute Gasteiger partial charge is 0.504 e. The summed E-state index contributed by atoms with van der Waals surface area (Å²) in [6.07, 6.45) is 1.64. The second-order valence-electron chi connectivity index (χ2n) is 3.41. The first-order valence-electron chi connectivity index (χ1n) is 4.86. The van der Waals surface area contributed by atoms with Gasteiger partial charge in [-0.05, 0) is 35.5 Å². The molecule has 18 heavy (non-hydrogen) atoms. The van der Waals surface area contributed by atoms with E-state index in [9.17, 15) is 9.90 Å². The van der Waals surface area contributed by atoms with Gasteiger partial charge in [-0.2, -0.15) is 4.99 Å². The fourth-order valence-electron chi connectivity index (χ4n) is 1.40. The van der Waals surface area contributed by atoms with Gasteiger partial charge in [0.25, 0.3) is 5.91 Å². The van der Waals surface area contributed by atoms with Crippen LogP contribution in [0, 0.1) is 0 Å². The van der Waals surface area contributed by atoms with Gasteiger partial charge >= 0.3 is 0 Å². The van der Waals surface area contributed by atoms with Gasteiger partial charge in [0.15, 0.2) is 16.7 Å². The number of carbonyl (C=O) groups excluding carboxylic acids is 1. The predicted molar refractivity (Wildman–Crippen MR) is 74.6 cm³/mol. The molecule has 0 spiro atoms. The molecule has 1 aromatic rings. The number of methoxy groups -OCH3 is 1. The number of amidine groups is 1. The monoisotopic (exact) mass is 328 g/mol. The molecule has 0 aliphatic carbocycles. The van der Waals surface area contributed by atoms with E-state index in [1.165, 1.54) is 13.2 Å². The number of hydrogen-bond acceptors (Lipinski definition) is 5. The standard InChI is InChI=1S/C11H9BrN2O3S/c1-17-8-2-5(6(12)4-7(8)15)3-9-10(16)14-11(13)18-9/h2-4,15H,1H3,(H2,13,14,16). The number of nitrogens with zero attached hydrogens (tertiary/aromatic N) is 1. The molecule has 1 heterocycles. The lowest BCUT2D eigenvalue weighted by Crippen LogP contribution is -2.01. The van der Waals surface area contributed by atoms with Gasteiger partial charge in [-0.15, -0.1) is 0 Å². The minimum absolute atomic E-state index is 0.0210. The molecule has 1 aromatic carbocycles. The number of carbonyl (C=O) groups is 1. The molecule has 5 nitrogen and oxygen atoms in total. The van der Waals surface area contributed by atoms with Crippen molar-refractivity contribution >= 4 is 44.8 Å². The Labute approximate surface area is 116 Å². The van der Waals surface area contributed by atoms with E-state index in [-0.39, 0.29) is 16.8 Å². The smallest absolute Gasteiger partial charge is 0.286 e. The zero-order valence-corrected chi connectivity index (χ0v) is 11.7. The summed E-state index contributed by atoms with van der Waals surface area (Å²) in [7, 11) is 1.45. The van der Waals surface area contributed by atoms with Crippen LogP contribution in [-0.4, -0.2) is 23.3 Å². The molecule has 0 radical (unpaired) electrons. The number of phenols is 1. The highest BCUT2D eigenvalue weighted by Gasteiger charge is 2.20. The molecular weight excluding hydrogens is 320 g/mol. The second-order valence-corrected chi connectivity index (χ2v) is 5.33. The third-order valence-electron chi connectivity index (χ3n) is 2.22. The average molecular weight is 329 g/mol. The topological polar surface area (TPSA) is 84.9 Å². The van der Waals surface area contributed by atoms with Crippen molar-refractivity contribution in [2.75, 3.05) is 7.11 Å². The maximum Gasteiger partial charge on any atom is 0.286 e. The predicted octanol–water partition coefficient (Wildman–Crippen LogP) is 2.09. The highest BCUT2D eigenvalue weighted by atomic mass is 79.9. The molecule has 0 fully saturated rings. The van der Waals surface area contributed by atoms with Gasteiger partial charge in [0.05, 0.1) is 12.0 Å². The third kappa shape index (κ3) is 2.51. The number of aromatic hydroxyl groups is 1. The van der Waals surface area contributed by atoms with Crippen LogP contribution in [0.25, 0.3) is 6.08 Å². The van der Waals surface area contributed by atoms with Gasteiger partial charge in [0, 0.05) is 4.47 Å². The van der Waals surface area contributed by atoms with Gasteiger partial charge in [-0.3, -0.25) is 4.79 Å². The highest BCUT2D eigenvalue weighted by Crippen LogP contribution is 2.35. The Kier molecular flexibility index (Phi) is 3.63. The van der Waals surface area contributed by atoms with E-state index < -0.39 is 0 Å². The van der Waals surface area contributed by atoms with Crippen LogP contribution in [0.2, 0.25) is 0 Å². The van der Waals surface area contributed by atoms with E-state index in [1.807, 2.05) is 0 Å². The fourth-order valence-corrected chi connectivity index (χ4v) is 2.52. The maximum absolute atomic E-state index is 11.5. The van der Waals surface area contributed by atoms with Crippen LogP contribution in [0.3, 0.4) is 0 Å². The fraction of sp³-hybridized carbons (Fsp3) is 0.0909. The first-order valence-corrected chi connectivity index (χ1v) is 6.46. The number of ether oxygens (including phenoxy) is 1. The van der Waals surface area contributed by atoms with Gasteiger partial charge in [0.2, 0.25) is 0 Å². The lowest BCUT2D eigenvalue weighted by Gasteiger charge is -2.06. The number of phenolic OH excluding ortho intramolecular Hbond substituents is 1. The lowest BCUT2D eigenvalue weighted by molar-refractivity contribution is -0.113. The number of nitrogens with two attached hydrogens (primary N) is 1. The number of hydrogen-bond donors (Lipinski definition) is 2. The molecular formula is C11H9BrN2O3S. The van der Waals surface area contributed by atoms with Crippen LogP contribution in [0.4, 0.5) is 0 Å². The van der Waals surface area contributed by atoms with Gasteiger partial charge in [-0.1, -0.05) is 15.9 Å². The van der Waals surface area contributed by atoms with E-state index in [0.717, 1.165) is 11.8 Å². The van der Waals surface area contributed by atoms with Crippen LogP contribution >= 0.6 is 27.7 Å². The Morgan fingerprint density at radius 3 is 2.83 bits per heavy atom. The van der Waals surface area contributed by atoms with Gasteiger partial charge in [0.1, 0.15) is 0 Å². The Morgan fingerprint density at radius 1 is 1.56 bits per heavy atom. The van der Waals surface area contributed by atoms with Crippen molar-refractivity contribution in [2.45, 2.75) is 0 Å². The quantitative estimate of drug-likeness (QED) is 0.812. The summed E-state index contributed by atoms with van der Waals surface area (Å²) in [5.41, 5.74) is 6.16. The van der Waals surface area contributed by atoms with Crippen LogP contribution in [0.5, 0.6) is 11.5 Å². The molecule has 0 saturated carbocycles. The van der Waals surface area contributed by atoms with Crippen molar-refractivity contribution in [3.05, 3.63) is 27.1 Å². The van der Waals surface area contributed by atoms with Crippen molar-refractivity contribution < 1.29 is 14.6 Å². The second kappa shape index (κ2) is 5.03. The summed E-state index contributed by atoms with van der Waals surface area (Å²) in [5, 5.41) is 9.81. The maximum atomic E-state index is 11.5. The van der Waals surface area contributed by atoms with E-state index in [4.69, 9.17) is 10.5 Å². The zero-order valence-electron chi connectivity index (χ0n) is 9.31. The molecule has 1 aliphatic rings. The summed E-state index contributed by atoms with van der Waals surface area (Å²) in [5.74, 6) is -0.0153. The van der Waals surface area contributed by atoms with Crippen LogP contribution in [0.15, 0.2) is 26.5 Å². The van der Waals surface area contributed by atoms with Gasteiger partial charge < -0.3 is 15.6 Å². The minimum Gasteiger partial charge on any atom is -0.504 e. The molecule has 7 heteroatoms. The van der Waals surface area contributed by atoms with Crippen LogP contribution < -0.4 is 10.5 Å². The van der Waals surface area contributed by atoms with Crippen LogP contribution in [-0.2, 0) is 4.79 Å². The molecule has 0 unspecified atom stereocenters. The number of benzene rings is 1. The summed E-state index contributed by atoms with van der Waals surface area (Å²) < 4.78 is 5.65. The lowest BCUT2D eigenvalue weighted by atomic mass is 10.2. The highest BCUT2D eigenvalue weighted by molar-refractivity contribution is 9.10. The van der Waals surface area contributed by atoms with Crippen molar-refractivity contribution in [1.82, 2.24) is 0 Å². The number of rotatable bonds is 2. The van der Waals surface area contributed by atoms with Crippen molar-refractivity contribution in [3.63, 3.8) is 0 Å². The Hall–Kier alpha value is -1.47. The van der Waals surface area contributed by atoms with Crippen molar-refractivity contribution in [3.8, 4) is 11.5 Å². The summed E-state index contributed by atoms with van der Waals surface area (Å²) in [6, 6.07) is 3.12. The SMILES string of the molecule is COc1cc(C=C2SC(N)=NC2=O)c(Br)cc1O. The average Bonchev–Trinajstić information content (AvgIpc) is 2.61. The Morgan fingerprint density at radius 2 is 2.28 bits per heavy atom. The van der Waals surface area contributed by atoms with Crippen molar-refractivity contribution in [2.24, 2.45) is 10.7 Å². The number of aliphatic imine (C=N–C) groups is 1. The zero-order chi connectivity index (χ0) is 13.3. The Balaban J connectivity index is 2.41. The van der Waals surface area contributed by atoms with E-state index in [1.54, 1.807) is 12.1 Å². The molecule has 0 saturated heterocycles. The molecule has 0 bridgehead atoms. The number of halogens is 1. The number of amides is 1. The molecule has 1 aliphatic heterocycles. The van der Waals surface area contributed by atoms with E-state index in [2.05, 4.69) is 20.9 Å². The summed E-state index contributed by atoms with van der Waals surface area (Å²) >= 11 is 4.41. The molecule has 94 valence electrons. The normalized spacial score (nSPS) is 17.1. The first kappa shape index (κ1) is 13.0. The first-order chi connectivity index (χ1) is 8.51. The van der Waals surface area contributed by atoms with E-state index in [0.29, 0.717) is 20.7 Å². The van der Waals surface area contributed by atoms with E-state index >= 15 is 0 Å². The van der Waals surface area contributed by atoms with Crippen molar-refractivity contribution in [1.29, 1.82) is 0 Å². The molecule has 1 amide bonds.